The fraction of sp³-hybridized carbons (Fsp3) is 0.211. The van der Waals surface area contributed by atoms with Gasteiger partial charge in [0.2, 0.25) is 5.91 Å². The minimum Gasteiger partial charge on any atom is -0.497 e. The van der Waals surface area contributed by atoms with Crippen molar-refractivity contribution in [3.63, 3.8) is 0 Å². The minimum absolute atomic E-state index is 0.0147. The van der Waals surface area contributed by atoms with E-state index in [9.17, 15) is 27.2 Å². The van der Waals surface area contributed by atoms with Crippen molar-refractivity contribution >= 4 is 50.9 Å². The van der Waals surface area contributed by atoms with Crippen LogP contribution in [0, 0.1) is 23.3 Å². The van der Waals surface area contributed by atoms with E-state index in [1.807, 2.05) is 0 Å². The molecule has 0 bridgehead atoms. The van der Waals surface area contributed by atoms with Crippen molar-refractivity contribution in [3.8, 4) is 5.75 Å². The zero-order chi connectivity index (χ0) is 22.4. The number of hydrogen-bond donors (Lipinski definition) is 1. The van der Waals surface area contributed by atoms with Gasteiger partial charge in [0.15, 0.2) is 23.3 Å². The smallest absolute Gasteiger partial charge is 0.305 e. The molecule has 0 radical (unpaired) electrons. The number of thiazole rings is 1. The van der Waals surface area contributed by atoms with Crippen LogP contribution in [-0.4, -0.2) is 34.3 Å². The Morgan fingerprint density at radius 2 is 1.90 bits per heavy atom. The molecule has 0 saturated heterocycles. The Balaban J connectivity index is 1.79. The number of benzene rings is 2. The number of rotatable bonds is 5. The Bertz CT molecular complexity index is 1190. The van der Waals surface area contributed by atoms with Gasteiger partial charge in [0.05, 0.1) is 35.7 Å². The summed E-state index contributed by atoms with van der Waals surface area (Å²) in [6, 6.07) is 4.87. The topological polar surface area (TPSA) is 79.7 Å². The number of halogens is 4. The highest BCUT2D eigenvalue weighted by Gasteiger charge is 2.36. The lowest BCUT2D eigenvalue weighted by molar-refractivity contribution is -0.138. The zero-order valence-corrected chi connectivity index (χ0v) is 17.3. The van der Waals surface area contributed by atoms with Gasteiger partial charge in [0.25, 0.3) is 0 Å². The number of amides is 1. The van der Waals surface area contributed by atoms with Crippen molar-refractivity contribution in [2.75, 3.05) is 12.0 Å². The summed E-state index contributed by atoms with van der Waals surface area (Å²) in [5.41, 5.74) is -0.281. The number of ether oxygens (including phenoxy) is 1. The monoisotopic (exact) mass is 472 g/mol. The number of aromatic nitrogens is 1. The Morgan fingerprint density at radius 3 is 2.58 bits per heavy atom. The number of anilines is 1. The lowest BCUT2D eigenvalue weighted by atomic mass is 10.2. The number of carbonyl (C=O) groups is 2. The highest BCUT2D eigenvalue weighted by molar-refractivity contribution is 8.01. The van der Waals surface area contributed by atoms with Crippen LogP contribution in [0.25, 0.3) is 10.2 Å². The summed E-state index contributed by atoms with van der Waals surface area (Å²) in [6.07, 6.45) is -0.439. The number of fused-ring (bicyclic) bond motifs is 2. The maximum absolute atomic E-state index is 14.1. The highest BCUT2D eigenvalue weighted by atomic mass is 32.2. The summed E-state index contributed by atoms with van der Waals surface area (Å²) in [6.45, 7) is -0.281. The molecule has 1 aliphatic rings. The van der Waals surface area contributed by atoms with Crippen LogP contribution in [0.1, 0.15) is 11.4 Å². The van der Waals surface area contributed by atoms with Crippen molar-refractivity contribution in [1.29, 1.82) is 0 Å². The summed E-state index contributed by atoms with van der Waals surface area (Å²) in [5.74, 6) is -8.39. The molecular weight excluding hydrogens is 460 g/mol. The molecule has 162 valence electrons. The number of carboxylic acid groups (broad SMARTS) is 1. The molecule has 12 heteroatoms. The van der Waals surface area contributed by atoms with E-state index < -0.39 is 57.0 Å². The van der Waals surface area contributed by atoms with Gasteiger partial charge in [-0.25, -0.2) is 22.5 Å². The van der Waals surface area contributed by atoms with Gasteiger partial charge in [-0.1, -0.05) is 0 Å². The van der Waals surface area contributed by atoms with E-state index in [-0.39, 0.29) is 11.6 Å². The van der Waals surface area contributed by atoms with Gasteiger partial charge in [-0.05, 0) is 12.1 Å². The molecule has 6 nitrogen and oxygen atoms in total. The number of hydrogen-bond acceptors (Lipinski definition) is 6. The first kappa shape index (κ1) is 21.4. The minimum atomic E-state index is -1.97. The van der Waals surface area contributed by atoms with Crippen LogP contribution in [0.4, 0.5) is 23.2 Å². The van der Waals surface area contributed by atoms with Crippen LogP contribution in [0.2, 0.25) is 0 Å². The fourth-order valence-corrected chi connectivity index (χ4v) is 5.32. The molecule has 0 spiro atoms. The second-order valence-corrected chi connectivity index (χ2v) is 8.83. The van der Waals surface area contributed by atoms with Crippen LogP contribution in [-0.2, 0) is 16.1 Å². The third-order valence-corrected chi connectivity index (χ3v) is 6.86. The molecule has 2 aromatic carbocycles. The van der Waals surface area contributed by atoms with Crippen LogP contribution in [0.15, 0.2) is 23.1 Å². The molecule has 1 aliphatic heterocycles. The predicted octanol–water partition coefficient (Wildman–Crippen LogP) is 4.34. The van der Waals surface area contributed by atoms with Gasteiger partial charge in [-0.15, -0.1) is 23.1 Å². The van der Waals surface area contributed by atoms with Gasteiger partial charge in [0, 0.05) is 11.0 Å². The summed E-state index contributed by atoms with van der Waals surface area (Å²) in [7, 11) is 1.43. The maximum atomic E-state index is 14.1. The average molecular weight is 472 g/mol. The molecule has 0 fully saturated rings. The van der Waals surface area contributed by atoms with Crippen molar-refractivity contribution in [2.24, 2.45) is 0 Å². The first-order valence-corrected chi connectivity index (χ1v) is 10.4. The molecule has 1 N–H and O–H groups in total. The third kappa shape index (κ3) is 3.69. The first-order chi connectivity index (χ1) is 14.7. The largest absolute Gasteiger partial charge is 0.497 e. The Morgan fingerprint density at radius 1 is 1.19 bits per heavy atom. The molecule has 1 unspecified atom stereocenters. The molecule has 0 aliphatic carbocycles. The van der Waals surface area contributed by atoms with Crippen molar-refractivity contribution < 1.29 is 37.0 Å². The second kappa shape index (κ2) is 8.00. The molecule has 2 heterocycles. The molecule has 3 aromatic rings. The lowest BCUT2D eigenvalue weighted by Gasteiger charge is -2.33. The number of thioether (sulfide) groups is 1. The molecule has 31 heavy (non-hydrogen) atoms. The summed E-state index contributed by atoms with van der Waals surface area (Å²) >= 11 is 1.65. The Hall–Kier alpha value is -2.86. The molecule has 1 amide bonds. The average Bonchev–Trinajstić information content (AvgIpc) is 3.17. The molecule has 1 aromatic heterocycles. The standard InChI is InChI=1S/C19H12F4N2O4S2/c1-29-7-2-3-9-8(4-7)25(19(28)10(30-9)5-12(26)27)6-11-24-17-15(22)13(20)14(21)16(23)18(17)31-11/h2-4,10H,5-6H2,1H3,(H,26,27). The van der Waals surface area contributed by atoms with Crippen molar-refractivity contribution in [3.05, 3.63) is 46.5 Å². The molecule has 1 atom stereocenters. The van der Waals surface area contributed by atoms with E-state index in [0.717, 1.165) is 11.8 Å². The van der Waals surface area contributed by atoms with Crippen LogP contribution in [0.3, 0.4) is 0 Å². The van der Waals surface area contributed by atoms with E-state index in [4.69, 9.17) is 9.84 Å². The number of nitrogens with zero attached hydrogens (tertiary/aromatic N) is 2. The maximum Gasteiger partial charge on any atom is 0.305 e. The highest BCUT2D eigenvalue weighted by Crippen LogP contribution is 2.43. The number of carboxylic acids is 1. The van der Waals surface area contributed by atoms with E-state index in [0.29, 0.717) is 27.7 Å². The van der Waals surface area contributed by atoms with Gasteiger partial charge in [-0.2, -0.15) is 0 Å². The number of methoxy groups -OCH3 is 1. The molecule has 0 saturated carbocycles. The fourth-order valence-electron chi connectivity index (χ4n) is 3.14. The lowest BCUT2D eigenvalue weighted by Crippen LogP contribution is -2.41. The number of carbonyl (C=O) groups excluding carboxylic acids is 1. The second-order valence-electron chi connectivity index (χ2n) is 6.50. The molecule has 4 rings (SSSR count). The van der Waals surface area contributed by atoms with E-state index in [2.05, 4.69) is 4.98 Å². The van der Waals surface area contributed by atoms with Gasteiger partial charge < -0.3 is 14.7 Å². The van der Waals surface area contributed by atoms with Crippen molar-refractivity contribution in [1.82, 2.24) is 4.98 Å². The van der Waals surface area contributed by atoms with Gasteiger partial charge >= 0.3 is 5.97 Å². The zero-order valence-electron chi connectivity index (χ0n) is 15.6. The van der Waals surface area contributed by atoms with Gasteiger partial charge in [-0.3, -0.25) is 9.59 Å². The SMILES string of the molecule is COc1ccc2c(c1)N(Cc1nc3c(F)c(F)c(F)c(F)c3s1)C(=O)C(CC(=O)O)S2. The summed E-state index contributed by atoms with van der Waals surface area (Å²) in [5, 5.41) is 8.21. The van der Waals surface area contributed by atoms with Crippen LogP contribution in [0.5, 0.6) is 5.75 Å². The first-order valence-electron chi connectivity index (χ1n) is 8.70. The predicted molar refractivity (Wildman–Crippen MR) is 106 cm³/mol. The summed E-state index contributed by atoms with van der Waals surface area (Å²) < 4.78 is 59.9. The van der Waals surface area contributed by atoms with Crippen LogP contribution >= 0.6 is 23.1 Å². The Kier molecular flexibility index (Phi) is 5.52. The number of aliphatic carboxylic acids is 1. The Labute approximate surface area is 180 Å². The van der Waals surface area contributed by atoms with Crippen LogP contribution < -0.4 is 9.64 Å². The summed E-state index contributed by atoms with van der Waals surface area (Å²) in [4.78, 5) is 29.8. The van der Waals surface area contributed by atoms with E-state index in [1.165, 1.54) is 12.0 Å². The normalized spacial score (nSPS) is 16.0. The molecular formula is C19H12F4N2O4S2. The van der Waals surface area contributed by atoms with E-state index >= 15 is 0 Å². The van der Waals surface area contributed by atoms with Gasteiger partial charge in [0.1, 0.15) is 16.3 Å². The van der Waals surface area contributed by atoms with E-state index in [1.54, 1.807) is 18.2 Å². The third-order valence-electron chi connectivity index (χ3n) is 4.58. The quantitative estimate of drug-likeness (QED) is 0.338. The van der Waals surface area contributed by atoms with Crippen molar-refractivity contribution in [2.45, 2.75) is 23.1 Å².